The molecule has 0 spiro atoms. The Kier molecular flexibility index (Phi) is 3.97. The van der Waals surface area contributed by atoms with Gasteiger partial charge in [-0.05, 0) is 26.8 Å². The predicted octanol–water partition coefficient (Wildman–Crippen LogP) is 1.99. The van der Waals surface area contributed by atoms with Crippen LogP contribution in [0.25, 0.3) is 0 Å². The highest BCUT2D eigenvalue weighted by molar-refractivity contribution is 5.69. The Labute approximate surface area is 121 Å². The Morgan fingerprint density at radius 3 is 2.71 bits per heavy atom. The molecule has 1 aliphatic rings. The molecule has 0 radical (unpaired) electrons. The van der Waals surface area contributed by atoms with E-state index in [4.69, 9.17) is 9.47 Å². The van der Waals surface area contributed by atoms with Crippen molar-refractivity contribution in [2.24, 2.45) is 0 Å². The molecule has 0 N–H and O–H groups in total. The van der Waals surface area contributed by atoms with Gasteiger partial charge in [-0.15, -0.1) is 0 Å². The molecular formula is C13H17N3O5. The first-order valence-electron chi connectivity index (χ1n) is 6.50. The molecule has 0 aliphatic carbocycles. The molecule has 1 aliphatic heterocycles. The van der Waals surface area contributed by atoms with Gasteiger partial charge >= 0.3 is 11.8 Å². The Bertz CT molecular complexity index is 549. The monoisotopic (exact) mass is 295 g/mol. The van der Waals surface area contributed by atoms with Crippen LogP contribution in [0.3, 0.4) is 0 Å². The summed E-state index contributed by atoms with van der Waals surface area (Å²) in [5.74, 6) is -0.0312. The van der Waals surface area contributed by atoms with E-state index in [1.165, 1.54) is 23.2 Å². The minimum Gasteiger partial charge on any atom is -0.466 e. The van der Waals surface area contributed by atoms with Crippen LogP contribution < -0.4 is 4.74 Å². The third-order valence-electron chi connectivity index (χ3n) is 2.73. The lowest BCUT2D eigenvalue weighted by atomic mass is 10.1. The molecule has 2 rings (SSSR count). The fraction of sp³-hybridized carbons (Fsp3) is 0.538. The largest absolute Gasteiger partial charge is 0.466 e. The summed E-state index contributed by atoms with van der Waals surface area (Å²) in [4.78, 5) is 27.4. The van der Waals surface area contributed by atoms with Gasteiger partial charge in [-0.3, -0.25) is 10.1 Å². The van der Waals surface area contributed by atoms with Crippen LogP contribution in [-0.2, 0) is 4.74 Å². The first-order chi connectivity index (χ1) is 9.76. The quantitative estimate of drug-likeness (QED) is 0.625. The van der Waals surface area contributed by atoms with Crippen LogP contribution in [0.4, 0.5) is 10.5 Å². The van der Waals surface area contributed by atoms with Gasteiger partial charge in [0.15, 0.2) is 0 Å². The molecule has 114 valence electrons. The summed E-state index contributed by atoms with van der Waals surface area (Å²) < 4.78 is 10.7. The number of rotatable bonds is 3. The number of carbonyl (C=O) groups excluding carboxylic acids is 1. The zero-order chi connectivity index (χ0) is 15.6. The standard InChI is InChI=1S/C13H17N3O5/c1-13(2,3)21-12(17)15-7-9(8-15)20-11-10(16(18)19)5-4-6-14-11/h4-6,9H,7-8H2,1-3H3. The first kappa shape index (κ1) is 15.0. The van der Waals surface area contributed by atoms with Crippen molar-refractivity contribution in [2.75, 3.05) is 13.1 Å². The van der Waals surface area contributed by atoms with E-state index in [2.05, 4.69) is 4.98 Å². The number of hydrogen-bond donors (Lipinski definition) is 0. The van der Waals surface area contributed by atoms with Gasteiger partial charge in [-0.25, -0.2) is 9.78 Å². The Morgan fingerprint density at radius 1 is 1.48 bits per heavy atom. The maximum atomic E-state index is 11.7. The van der Waals surface area contributed by atoms with E-state index in [1.807, 2.05) is 0 Å². The van der Waals surface area contributed by atoms with E-state index in [1.54, 1.807) is 20.8 Å². The highest BCUT2D eigenvalue weighted by Gasteiger charge is 2.36. The molecular weight excluding hydrogens is 278 g/mol. The van der Waals surface area contributed by atoms with Gasteiger partial charge in [0.25, 0.3) is 5.88 Å². The molecule has 8 heteroatoms. The maximum absolute atomic E-state index is 11.7. The van der Waals surface area contributed by atoms with Gasteiger partial charge < -0.3 is 14.4 Å². The van der Waals surface area contributed by atoms with Crippen molar-refractivity contribution in [3.63, 3.8) is 0 Å². The van der Waals surface area contributed by atoms with Crippen LogP contribution in [0.2, 0.25) is 0 Å². The lowest BCUT2D eigenvalue weighted by molar-refractivity contribution is -0.386. The number of likely N-dealkylation sites (tertiary alicyclic amines) is 1. The fourth-order valence-corrected chi connectivity index (χ4v) is 1.76. The van der Waals surface area contributed by atoms with Gasteiger partial charge in [0.2, 0.25) is 0 Å². The predicted molar refractivity (Wildman–Crippen MR) is 73.1 cm³/mol. The highest BCUT2D eigenvalue weighted by Crippen LogP contribution is 2.26. The van der Waals surface area contributed by atoms with Crippen LogP contribution in [0.5, 0.6) is 5.88 Å². The minimum absolute atomic E-state index is 0.0312. The van der Waals surface area contributed by atoms with Crippen molar-refractivity contribution in [3.05, 3.63) is 28.4 Å². The molecule has 1 aromatic heterocycles. The zero-order valence-electron chi connectivity index (χ0n) is 12.1. The number of pyridine rings is 1. The summed E-state index contributed by atoms with van der Waals surface area (Å²) in [6, 6.07) is 2.80. The number of nitro groups is 1. The molecule has 21 heavy (non-hydrogen) atoms. The second-order valence-corrected chi connectivity index (χ2v) is 5.71. The molecule has 1 aromatic rings. The molecule has 0 saturated carbocycles. The van der Waals surface area contributed by atoms with Crippen LogP contribution in [-0.4, -0.2) is 45.7 Å². The number of carbonyl (C=O) groups is 1. The van der Waals surface area contributed by atoms with E-state index in [-0.39, 0.29) is 17.7 Å². The third kappa shape index (κ3) is 3.80. The first-order valence-corrected chi connectivity index (χ1v) is 6.50. The number of ether oxygens (including phenoxy) is 2. The lowest BCUT2D eigenvalue weighted by Gasteiger charge is -2.38. The Hall–Kier alpha value is -2.38. The smallest absolute Gasteiger partial charge is 0.410 e. The summed E-state index contributed by atoms with van der Waals surface area (Å²) in [5.41, 5.74) is -0.740. The third-order valence-corrected chi connectivity index (χ3v) is 2.73. The van der Waals surface area contributed by atoms with Crippen molar-refractivity contribution in [1.29, 1.82) is 0 Å². The number of nitrogens with zero attached hydrogens (tertiary/aromatic N) is 3. The second kappa shape index (κ2) is 5.55. The van der Waals surface area contributed by atoms with Crippen LogP contribution in [0.15, 0.2) is 18.3 Å². The Morgan fingerprint density at radius 2 is 2.14 bits per heavy atom. The van der Waals surface area contributed by atoms with Gasteiger partial charge in [-0.1, -0.05) is 0 Å². The number of aromatic nitrogens is 1. The van der Waals surface area contributed by atoms with E-state index < -0.39 is 16.6 Å². The molecule has 0 aromatic carbocycles. The van der Waals surface area contributed by atoms with Crippen LogP contribution in [0.1, 0.15) is 20.8 Å². The van der Waals surface area contributed by atoms with Gasteiger partial charge in [-0.2, -0.15) is 0 Å². The molecule has 0 bridgehead atoms. The molecule has 1 fully saturated rings. The fourth-order valence-electron chi connectivity index (χ4n) is 1.76. The van der Waals surface area contributed by atoms with E-state index in [9.17, 15) is 14.9 Å². The summed E-state index contributed by atoms with van der Waals surface area (Å²) in [5, 5.41) is 10.8. The van der Waals surface area contributed by atoms with Crippen molar-refractivity contribution in [1.82, 2.24) is 9.88 Å². The van der Waals surface area contributed by atoms with Crippen LogP contribution in [0, 0.1) is 10.1 Å². The second-order valence-electron chi connectivity index (χ2n) is 5.71. The van der Waals surface area contributed by atoms with Crippen molar-refractivity contribution in [2.45, 2.75) is 32.5 Å². The van der Waals surface area contributed by atoms with E-state index in [0.29, 0.717) is 13.1 Å². The van der Waals surface area contributed by atoms with Gasteiger partial charge in [0, 0.05) is 12.3 Å². The summed E-state index contributed by atoms with van der Waals surface area (Å²) >= 11 is 0. The highest BCUT2D eigenvalue weighted by atomic mass is 16.6. The SMILES string of the molecule is CC(C)(C)OC(=O)N1CC(Oc2ncccc2[N+](=O)[O-])C1. The van der Waals surface area contributed by atoms with Crippen molar-refractivity contribution in [3.8, 4) is 5.88 Å². The van der Waals surface area contributed by atoms with E-state index in [0.717, 1.165) is 0 Å². The normalized spacial score (nSPS) is 15.3. The maximum Gasteiger partial charge on any atom is 0.410 e. The van der Waals surface area contributed by atoms with Gasteiger partial charge in [0.05, 0.1) is 18.0 Å². The number of amides is 1. The lowest BCUT2D eigenvalue weighted by Crippen LogP contribution is -2.57. The summed E-state index contributed by atoms with van der Waals surface area (Å²) in [6.45, 7) is 6.01. The van der Waals surface area contributed by atoms with E-state index >= 15 is 0 Å². The molecule has 2 heterocycles. The summed E-state index contributed by atoms with van der Waals surface area (Å²) in [6.07, 6.45) is 0.691. The molecule has 0 atom stereocenters. The number of hydrogen-bond acceptors (Lipinski definition) is 6. The van der Waals surface area contributed by atoms with Crippen molar-refractivity contribution >= 4 is 11.8 Å². The molecule has 1 saturated heterocycles. The zero-order valence-corrected chi connectivity index (χ0v) is 12.1. The average molecular weight is 295 g/mol. The van der Waals surface area contributed by atoms with Crippen molar-refractivity contribution < 1.29 is 19.2 Å². The Balaban J connectivity index is 1.89. The molecule has 1 amide bonds. The summed E-state index contributed by atoms with van der Waals surface area (Å²) in [7, 11) is 0. The van der Waals surface area contributed by atoms with Crippen LogP contribution >= 0.6 is 0 Å². The average Bonchev–Trinajstić information content (AvgIpc) is 2.31. The minimum atomic E-state index is -0.553. The topological polar surface area (TPSA) is 94.8 Å². The van der Waals surface area contributed by atoms with Gasteiger partial charge in [0.1, 0.15) is 11.7 Å². The molecule has 8 nitrogen and oxygen atoms in total. The molecule has 0 unspecified atom stereocenters.